The predicted octanol–water partition coefficient (Wildman–Crippen LogP) is 1.07. The summed E-state index contributed by atoms with van der Waals surface area (Å²) in [5.74, 6) is 0.665. The molecule has 1 aromatic heterocycles. The van der Waals surface area contributed by atoms with Crippen LogP contribution in [-0.2, 0) is 6.54 Å². The molecule has 0 amide bonds. The summed E-state index contributed by atoms with van der Waals surface area (Å²) in [7, 11) is 0. The number of nitrogens with two attached hydrogens (primary N) is 1. The van der Waals surface area contributed by atoms with E-state index in [9.17, 15) is 0 Å². The van der Waals surface area contributed by atoms with Crippen LogP contribution in [0.25, 0.3) is 0 Å². The molecule has 13 heavy (non-hydrogen) atoms. The van der Waals surface area contributed by atoms with Gasteiger partial charge in [0.05, 0.1) is 5.69 Å². The highest BCUT2D eigenvalue weighted by molar-refractivity contribution is 7.09. The topological polar surface area (TPSA) is 50.9 Å². The Morgan fingerprint density at radius 3 is 2.92 bits per heavy atom. The molecule has 2 rings (SSSR count). The number of hydrogen-bond acceptors (Lipinski definition) is 4. The van der Waals surface area contributed by atoms with Crippen LogP contribution in [0.1, 0.15) is 29.5 Å². The number of nitrogens with zero attached hydrogens (tertiary/aromatic N) is 1. The number of aromatic nitrogens is 1. The molecule has 4 heteroatoms. The fourth-order valence-corrected chi connectivity index (χ4v) is 2.48. The summed E-state index contributed by atoms with van der Waals surface area (Å²) in [4.78, 5) is 4.52. The molecule has 3 nitrogen and oxygen atoms in total. The Hall–Kier alpha value is -0.450. The molecule has 0 bridgehead atoms. The van der Waals surface area contributed by atoms with Crippen molar-refractivity contribution in [3.8, 4) is 0 Å². The summed E-state index contributed by atoms with van der Waals surface area (Å²) >= 11 is 1.69. The first-order valence-electron chi connectivity index (χ1n) is 4.75. The maximum absolute atomic E-state index is 5.53. The van der Waals surface area contributed by atoms with E-state index in [1.807, 2.05) is 0 Å². The Kier molecular flexibility index (Phi) is 2.93. The highest BCUT2D eigenvalue weighted by Gasteiger charge is 2.17. The smallest absolute Gasteiger partial charge is 0.106 e. The molecule has 0 aliphatic carbocycles. The summed E-state index contributed by atoms with van der Waals surface area (Å²) in [5.41, 5.74) is 6.78. The Bertz CT molecular complexity index is 266. The van der Waals surface area contributed by atoms with Gasteiger partial charge in [-0.3, -0.25) is 0 Å². The van der Waals surface area contributed by atoms with Crippen LogP contribution in [-0.4, -0.2) is 18.1 Å². The molecular weight excluding hydrogens is 182 g/mol. The van der Waals surface area contributed by atoms with Gasteiger partial charge in [-0.15, -0.1) is 11.3 Å². The van der Waals surface area contributed by atoms with Gasteiger partial charge in [-0.1, -0.05) is 0 Å². The number of hydrogen-bond donors (Lipinski definition) is 2. The number of rotatable bonds is 2. The summed E-state index contributed by atoms with van der Waals surface area (Å²) < 4.78 is 0. The molecule has 0 atom stereocenters. The van der Waals surface area contributed by atoms with E-state index in [0.29, 0.717) is 12.5 Å². The summed E-state index contributed by atoms with van der Waals surface area (Å²) in [6.45, 7) is 2.83. The van der Waals surface area contributed by atoms with Gasteiger partial charge < -0.3 is 11.1 Å². The van der Waals surface area contributed by atoms with Gasteiger partial charge in [-0.2, -0.15) is 0 Å². The first-order valence-corrected chi connectivity index (χ1v) is 5.63. The largest absolute Gasteiger partial charge is 0.325 e. The average Bonchev–Trinajstić information content (AvgIpc) is 2.67. The maximum atomic E-state index is 5.53. The predicted molar refractivity (Wildman–Crippen MR) is 54.9 cm³/mol. The van der Waals surface area contributed by atoms with Crippen LogP contribution >= 0.6 is 11.3 Å². The monoisotopic (exact) mass is 197 g/mol. The van der Waals surface area contributed by atoms with E-state index in [1.165, 1.54) is 18.5 Å². The van der Waals surface area contributed by atoms with Gasteiger partial charge in [0.25, 0.3) is 0 Å². The van der Waals surface area contributed by atoms with E-state index in [-0.39, 0.29) is 0 Å². The summed E-state index contributed by atoms with van der Waals surface area (Å²) in [6, 6.07) is 0. The van der Waals surface area contributed by atoms with Gasteiger partial charge in [0.15, 0.2) is 0 Å². The molecule has 1 aromatic rings. The van der Waals surface area contributed by atoms with Gasteiger partial charge in [0.2, 0.25) is 0 Å². The lowest BCUT2D eigenvalue weighted by molar-refractivity contribution is 0.454. The van der Waals surface area contributed by atoms with Crippen LogP contribution < -0.4 is 11.1 Å². The molecule has 3 N–H and O–H groups in total. The molecule has 0 saturated carbocycles. The molecule has 1 fully saturated rings. The molecule has 1 aliphatic rings. The lowest BCUT2D eigenvalue weighted by Crippen LogP contribution is -2.26. The van der Waals surface area contributed by atoms with Crippen molar-refractivity contribution in [1.82, 2.24) is 10.3 Å². The van der Waals surface area contributed by atoms with Gasteiger partial charge >= 0.3 is 0 Å². The quantitative estimate of drug-likeness (QED) is 0.745. The SMILES string of the molecule is NCc1nc(C2CCNCC2)cs1. The third-order valence-corrected chi connectivity index (χ3v) is 3.39. The van der Waals surface area contributed by atoms with Crippen molar-refractivity contribution in [3.05, 3.63) is 16.1 Å². The Labute approximate surface area is 82.4 Å². The molecule has 1 aliphatic heterocycles. The number of thiazole rings is 1. The first kappa shape index (κ1) is 9.12. The van der Waals surface area contributed by atoms with E-state index in [0.717, 1.165) is 18.1 Å². The highest BCUT2D eigenvalue weighted by atomic mass is 32.1. The van der Waals surface area contributed by atoms with Gasteiger partial charge in [-0.25, -0.2) is 4.98 Å². The minimum atomic E-state index is 0.579. The van der Waals surface area contributed by atoms with E-state index in [1.54, 1.807) is 11.3 Å². The molecule has 0 spiro atoms. The second-order valence-electron chi connectivity index (χ2n) is 3.39. The fourth-order valence-electron chi connectivity index (χ4n) is 1.72. The minimum absolute atomic E-state index is 0.579. The molecule has 0 unspecified atom stereocenters. The number of nitrogens with one attached hydrogen (secondary N) is 1. The Balaban J connectivity index is 2.05. The second kappa shape index (κ2) is 4.17. The van der Waals surface area contributed by atoms with Crippen LogP contribution in [0.5, 0.6) is 0 Å². The van der Waals surface area contributed by atoms with Gasteiger partial charge in [0, 0.05) is 17.8 Å². The Morgan fingerprint density at radius 1 is 1.54 bits per heavy atom. The third kappa shape index (κ3) is 2.07. The van der Waals surface area contributed by atoms with Crippen LogP contribution in [0.3, 0.4) is 0 Å². The fraction of sp³-hybridized carbons (Fsp3) is 0.667. The van der Waals surface area contributed by atoms with E-state index in [2.05, 4.69) is 15.7 Å². The first-order chi connectivity index (χ1) is 6.40. The van der Waals surface area contributed by atoms with E-state index >= 15 is 0 Å². The van der Waals surface area contributed by atoms with Crippen LogP contribution in [0, 0.1) is 0 Å². The van der Waals surface area contributed by atoms with Crippen LogP contribution in [0.2, 0.25) is 0 Å². The van der Waals surface area contributed by atoms with Gasteiger partial charge in [0.1, 0.15) is 5.01 Å². The van der Waals surface area contributed by atoms with Crippen molar-refractivity contribution >= 4 is 11.3 Å². The third-order valence-electron chi connectivity index (χ3n) is 2.50. The van der Waals surface area contributed by atoms with Crippen molar-refractivity contribution in [1.29, 1.82) is 0 Å². The van der Waals surface area contributed by atoms with Crippen LogP contribution in [0.4, 0.5) is 0 Å². The second-order valence-corrected chi connectivity index (χ2v) is 4.34. The van der Waals surface area contributed by atoms with E-state index < -0.39 is 0 Å². The van der Waals surface area contributed by atoms with Crippen molar-refractivity contribution in [2.24, 2.45) is 5.73 Å². The van der Waals surface area contributed by atoms with Crippen molar-refractivity contribution in [2.45, 2.75) is 25.3 Å². The molecular formula is C9H15N3S. The minimum Gasteiger partial charge on any atom is -0.325 e. The molecule has 2 heterocycles. The number of piperidine rings is 1. The summed E-state index contributed by atoms with van der Waals surface area (Å²) in [6.07, 6.45) is 2.43. The van der Waals surface area contributed by atoms with Crippen molar-refractivity contribution in [2.75, 3.05) is 13.1 Å². The maximum Gasteiger partial charge on any atom is 0.106 e. The van der Waals surface area contributed by atoms with Crippen molar-refractivity contribution in [3.63, 3.8) is 0 Å². The molecule has 0 aromatic carbocycles. The Morgan fingerprint density at radius 2 is 2.31 bits per heavy atom. The lowest BCUT2D eigenvalue weighted by Gasteiger charge is -2.20. The molecule has 1 saturated heterocycles. The zero-order valence-electron chi connectivity index (χ0n) is 7.62. The molecule has 0 radical (unpaired) electrons. The summed E-state index contributed by atoms with van der Waals surface area (Å²) in [5, 5.41) is 6.58. The molecule has 72 valence electrons. The van der Waals surface area contributed by atoms with Gasteiger partial charge in [-0.05, 0) is 25.9 Å². The van der Waals surface area contributed by atoms with Crippen LogP contribution in [0.15, 0.2) is 5.38 Å². The zero-order chi connectivity index (χ0) is 9.10. The van der Waals surface area contributed by atoms with Crippen molar-refractivity contribution < 1.29 is 0 Å². The van der Waals surface area contributed by atoms with E-state index in [4.69, 9.17) is 5.73 Å². The highest BCUT2D eigenvalue weighted by Crippen LogP contribution is 2.25. The zero-order valence-corrected chi connectivity index (χ0v) is 8.44. The normalized spacial score (nSPS) is 19.2. The average molecular weight is 197 g/mol. The lowest BCUT2D eigenvalue weighted by atomic mass is 9.95. The standard InChI is InChI=1S/C9H15N3S/c10-5-9-12-8(6-13-9)7-1-3-11-4-2-7/h6-7,11H,1-5,10H2.